The Hall–Kier alpha value is -1.83. The third-order valence-electron chi connectivity index (χ3n) is 3.61. The molecule has 0 radical (unpaired) electrons. The van der Waals surface area contributed by atoms with Gasteiger partial charge in [0.15, 0.2) is 14.1 Å². The second kappa shape index (κ2) is 7.59. The normalized spacial score (nSPS) is 10.8. The van der Waals surface area contributed by atoms with Gasteiger partial charge >= 0.3 is 0 Å². The first-order chi connectivity index (χ1) is 11.9. The van der Waals surface area contributed by atoms with Crippen LogP contribution in [0.2, 0.25) is 0 Å². The lowest BCUT2D eigenvalue weighted by Gasteiger charge is -2.05. The monoisotopic (exact) mass is 390 g/mol. The molecule has 0 atom stereocenters. The minimum absolute atomic E-state index is 0.0666. The third-order valence-corrected chi connectivity index (χ3v) is 5.97. The molecule has 3 nitrogen and oxygen atoms in total. The number of Topliss-reactive ketones (excluding diaryl/α,β-unsaturated/α-hetero) is 1. The number of nitrogens with zero attached hydrogens (tertiary/aromatic N) is 2. The molecule has 0 amide bonds. The molecule has 0 spiro atoms. The summed E-state index contributed by atoms with van der Waals surface area (Å²) in [5.41, 5.74) is 3.56. The summed E-state index contributed by atoms with van der Waals surface area (Å²) < 4.78 is 15.9. The smallest absolute Gasteiger partial charge is 0.184 e. The van der Waals surface area contributed by atoms with E-state index in [4.69, 9.17) is 12.2 Å². The number of benzene rings is 2. The summed E-state index contributed by atoms with van der Waals surface area (Å²) in [6.07, 6.45) is 0. The minimum Gasteiger partial charge on any atom is -0.293 e. The number of aromatic nitrogens is 2. The Labute approximate surface area is 158 Å². The minimum atomic E-state index is -0.306. The van der Waals surface area contributed by atoms with Crippen LogP contribution in [-0.4, -0.2) is 21.3 Å². The average molecular weight is 391 g/mol. The lowest BCUT2D eigenvalue weighted by Crippen LogP contribution is -2.05. The molecule has 0 bridgehead atoms. The molecule has 3 aromatic rings. The molecule has 1 aromatic heterocycles. The van der Waals surface area contributed by atoms with E-state index in [1.165, 1.54) is 35.2 Å². The summed E-state index contributed by atoms with van der Waals surface area (Å²) in [5.74, 6) is 0.0615. The summed E-state index contributed by atoms with van der Waals surface area (Å²) in [5, 5.41) is 4.43. The van der Waals surface area contributed by atoms with Crippen LogP contribution < -0.4 is 0 Å². The van der Waals surface area contributed by atoms with Gasteiger partial charge < -0.3 is 0 Å². The van der Waals surface area contributed by atoms with Crippen molar-refractivity contribution in [3.05, 3.63) is 68.9 Å². The van der Waals surface area contributed by atoms with Crippen LogP contribution in [0.3, 0.4) is 0 Å². The Bertz CT molecular complexity index is 977. The number of ketones is 1. The molecule has 0 aliphatic heterocycles. The summed E-state index contributed by atoms with van der Waals surface area (Å²) >= 11 is 8.03. The molecule has 0 saturated carbocycles. The maximum Gasteiger partial charge on any atom is 0.184 e. The van der Waals surface area contributed by atoms with Crippen molar-refractivity contribution in [1.82, 2.24) is 9.78 Å². The van der Waals surface area contributed by atoms with E-state index in [1.54, 1.807) is 16.8 Å². The van der Waals surface area contributed by atoms with Gasteiger partial charge in [0.2, 0.25) is 0 Å². The highest BCUT2D eigenvalue weighted by molar-refractivity contribution is 8.01. The molecule has 0 aliphatic carbocycles. The number of carbonyl (C=O) groups excluding carboxylic acids is 1. The van der Waals surface area contributed by atoms with Crippen LogP contribution in [-0.2, 0) is 0 Å². The Morgan fingerprint density at radius 2 is 1.96 bits per heavy atom. The standard InChI is InChI=1S/C18H15FN2OS3/c1-11-3-8-15(12(2)9-11)16(22)10-24-17-20-21(18(23)25-17)14-6-4-13(19)5-7-14/h3-9H,10H2,1-2H3. The number of thioether (sulfide) groups is 1. The van der Waals surface area contributed by atoms with Gasteiger partial charge in [-0.15, -0.1) is 5.10 Å². The fourth-order valence-corrected chi connectivity index (χ4v) is 4.64. The predicted octanol–water partition coefficient (Wildman–Crippen LogP) is 5.39. The van der Waals surface area contributed by atoms with Crippen molar-refractivity contribution < 1.29 is 9.18 Å². The van der Waals surface area contributed by atoms with Gasteiger partial charge in [-0.05, 0) is 55.9 Å². The molecule has 1 heterocycles. The first-order valence-corrected chi connectivity index (χ1v) is 9.74. The lowest BCUT2D eigenvalue weighted by atomic mass is 10.0. The molecule has 0 unspecified atom stereocenters. The van der Waals surface area contributed by atoms with Crippen molar-refractivity contribution in [2.45, 2.75) is 18.2 Å². The zero-order valence-electron chi connectivity index (χ0n) is 13.7. The quantitative estimate of drug-likeness (QED) is 0.332. The highest BCUT2D eigenvalue weighted by Crippen LogP contribution is 2.25. The summed E-state index contributed by atoms with van der Waals surface area (Å²) in [7, 11) is 0. The Morgan fingerprint density at radius 3 is 2.64 bits per heavy atom. The molecule has 0 aliphatic rings. The molecule has 25 heavy (non-hydrogen) atoms. The van der Waals surface area contributed by atoms with Gasteiger partial charge in [0.05, 0.1) is 11.4 Å². The zero-order chi connectivity index (χ0) is 18.0. The van der Waals surface area contributed by atoms with Crippen LogP contribution in [0.4, 0.5) is 4.39 Å². The predicted molar refractivity (Wildman–Crippen MR) is 103 cm³/mol. The molecule has 128 valence electrons. The molecular formula is C18H15FN2OS3. The van der Waals surface area contributed by atoms with Gasteiger partial charge in [-0.1, -0.05) is 46.9 Å². The number of hydrogen-bond donors (Lipinski definition) is 0. The van der Waals surface area contributed by atoms with E-state index in [1.807, 2.05) is 32.0 Å². The van der Waals surface area contributed by atoms with Crippen molar-refractivity contribution in [1.29, 1.82) is 0 Å². The number of halogens is 1. The van der Waals surface area contributed by atoms with E-state index >= 15 is 0 Å². The summed E-state index contributed by atoms with van der Waals surface area (Å²) in [6, 6.07) is 11.8. The van der Waals surface area contributed by atoms with Crippen molar-refractivity contribution in [2.75, 3.05) is 5.75 Å². The van der Waals surface area contributed by atoms with Gasteiger partial charge in [0.25, 0.3) is 0 Å². The van der Waals surface area contributed by atoms with Crippen LogP contribution in [0, 0.1) is 23.6 Å². The van der Waals surface area contributed by atoms with E-state index in [0.29, 0.717) is 19.7 Å². The second-order valence-electron chi connectivity index (χ2n) is 5.55. The molecular weight excluding hydrogens is 375 g/mol. The van der Waals surface area contributed by atoms with Crippen LogP contribution >= 0.6 is 35.3 Å². The number of hydrogen-bond acceptors (Lipinski definition) is 5. The van der Waals surface area contributed by atoms with E-state index < -0.39 is 0 Å². The average Bonchev–Trinajstić information content (AvgIpc) is 2.94. The molecule has 7 heteroatoms. The Morgan fingerprint density at radius 1 is 1.24 bits per heavy atom. The molecule has 0 saturated heterocycles. The first-order valence-electron chi connectivity index (χ1n) is 7.53. The van der Waals surface area contributed by atoms with Crippen LogP contribution in [0.25, 0.3) is 5.69 Å². The van der Waals surface area contributed by atoms with Crippen molar-refractivity contribution in [2.24, 2.45) is 0 Å². The second-order valence-corrected chi connectivity index (χ2v) is 8.40. The maximum absolute atomic E-state index is 13.0. The Balaban J connectivity index is 1.74. The Kier molecular flexibility index (Phi) is 5.46. The summed E-state index contributed by atoms with van der Waals surface area (Å²) in [6.45, 7) is 3.95. The number of carbonyl (C=O) groups is 1. The highest BCUT2D eigenvalue weighted by atomic mass is 32.2. The van der Waals surface area contributed by atoms with E-state index in [2.05, 4.69) is 5.10 Å². The van der Waals surface area contributed by atoms with Gasteiger partial charge in [-0.3, -0.25) is 4.79 Å². The van der Waals surface area contributed by atoms with Crippen molar-refractivity contribution in [3.8, 4) is 5.69 Å². The van der Waals surface area contributed by atoms with Crippen LogP contribution in [0.15, 0.2) is 46.8 Å². The highest BCUT2D eigenvalue weighted by Gasteiger charge is 2.12. The van der Waals surface area contributed by atoms with Crippen LogP contribution in [0.5, 0.6) is 0 Å². The first kappa shape index (κ1) is 18.0. The molecule has 0 N–H and O–H groups in total. The maximum atomic E-state index is 13.0. The van der Waals surface area contributed by atoms with Crippen LogP contribution in [0.1, 0.15) is 21.5 Å². The molecule has 0 fully saturated rings. The van der Waals surface area contributed by atoms with E-state index in [-0.39, 0.29) is 11.6 Å². The van der Waals surface area contributed by atoms with Crippen molar-refractivity contribution >= 4 is 41.1 Å². The molecule has 2 aromatic carbocycles. The SMILES string of the molecule is Cc1ccc(C(=O)CSc2nn(-c3ccc(F)cc3)c(=S)s2)c(C)c1. The fraction of sp³-hybridized carbons (Fsp3) is 0.167. The van der Waals surface area contributed by atoms with Gasteiger partial charge in [0.1, 0.15) is 5.82 Å². The van der Waals surface area contributed by atoms with E-state index in [0.717, 1.165) is 16.7 Å². The van der Waals surface area contributed by atoms with Gasteiger partial charge in [0, 0.05) is 5.56 Å². The number of rotatable bonds is 5. The zero-order valence-corrected chi connectivity index (χ0v) is 16.1. The molecule has 3 rings (SSSR count). The van der Waals surface area contributed by atoms with Gasteiger partial charge in [-0.2, -0.15) is 0 Å². The van der Waals surface area contributed by atoms with Crippen molar-refractivity contribution in [3.63, 3.8) is 0 Å². The lowest BCUT2D eigenvalue weighted by molar-refractivity contribution is 0.102. The van der Waals surface area contributed by atoms with Gasteiger partial charge in [-0.25, -0.2) is 9.07 Å². The third kappa shape index (κ3) is 4.23. The topological polar surface area (TPSA) is 34.9 Å². The van der Waals surface area contributed by atoms with E-state index in [9.17, 15) is 9.18 Å². The fourth-order valence-electron chi connectivity index (χ4n) is 2.40. The summed E-state index contributed by atoms with van der Waals surface area (Å²) in [4.78, 5) is 12.4. The number of aryl methyl sites for hydroxylation is 2. The largest absolute Gasteiger partial charge is 0.293 e.